The molecule has 0 radical (unpaired) electrons. The fraction of sp³-hybridized carbons (Fsp3) is 0.280. The molecule has 1 aliphatic rings. The molecule has 1 amide bonds. The second-order valence-electron chi connectivity index (χ2n) is 8.22. The van der Waals surface area contributed by atoms with Gasteiger partial charge >= 0.3 is 5.97 Å². The lowest BCUT2D eigenvalue weighted by Gasteiger charge is -2.22. The first-order chi connectivity index (χ1) is 16.2. The number of rotatable bonds is 6. The second-order valence-corrected chi connectivity index (χ2v) is 9.46. The van der Waals surface area contributed by atoms with Gasteiger partial charge in [0.25, 0.3) is 0 Å². The number of benzene rings is 2. The molecule has 0 unspecified atom stereocenters. The minimum Gasteiger partial charge on any atom is -0.456 e. The first-order valence-corrected chi connectivity index (χ1v) is 12.1. The van der Waals surface area contributed by atoms with Crippen molar-refractivity contribution in [1.82, 2.24) is 4.98 Å². The maximum absolute atomic E-state index is 12.5. The van der Waals surface area contributed by atoms with Crippen LogP contribution < -0.4 is 9.91 Å². The summed E-state index contributed by atoms with van der Waals surface area (Å²) < 4.78 is 5.45. The van der Waals surface area contributed by atoms with Crippen LogP contribution in [-0.2, 0) is 16.1 Å². The fourth-order valence-corrected chi connectivity index (χ4v) is 5.06. The van der Waals surface area contributed by atoms with Gasteiger partial charge in [-0.05, 0) is 62.2 Å². The van der Waals surface area contributed by atoms with E-state index in [0.717, 1.165) is 35.5 Å². The number of ether oxygens (including phenoxy) is 1. The van der Waals surface area contributed by atoms with Crippen LogP contribution in [0.1, 0.15) is 47.4 Å². The number of aryl methyl sites for hydroxylation is 2. The Labute approximate surface area is 207 Å². The highest BCUT2D eigenvalue weighted by Gasteiger charge is 2.23. The normalized spacial score (nSPS) is 13.1. The second kappa shape index (κ2) is 9.95. The maximum atomic E-state index is 12.5. The van der Waals surface area contributed by atoms with E-state index in [9.17, 15) is 9.59 Å². The number of thiazole rings is 1. The lowest BCUT2D eigenvalue weighted by atomic mass is 10.1. The predicted octanol–water partition coefficient (Wildman–Crippen LogP) is 6.04. The highest BCUT2D eigenvalue weighted by molar-refractivity contribution is 7.14. The Kier molecular flexibility index (Phi) is 7.00. The number of hydrazone groups is 1. The van der Waals surface area contributed by atoms with Crippen LogP contribution in [-0.4, -0.2) is 29.1 Å². The maximum Gasteiger partial charge on any atom is 0.338 e. The fourth-order valence-electron chi connectivity index (χ4n) is 3.80. The standard InChI is InChI=1S/C25H25ClN4O3S/c1-15-11-16(2)23(22(26)12-15)30(18(4)31)25-27-20(14-34-25)13-33-24(32)19-5-7-21(8-6-19)29-10-9-17(3)28-29/h5-8,11-12,14H,9-10,13H2,1-4H3. The average Bonchev–Trinajstić information content (AvgIpc) is 3.43. The number of nitrogens with zero attached hydrogens (tertiary/aromatic N) is 4. The number of amides is 1. The summed E-state index contributed by atoms with van der Waals surface area (Å²) in [5, 5.41) is 9.11. The van der Waals surface area contributed by atoms with E-state index in [2.05, 4.69) is 10.1 Å². The van der Waals surface area contributed by atoms with Gasteiger partial charge in [0.1, 0.15) is 6.61 Å². The molecular weight excluding hydrogens is 472 g/mol. The molecule has 0 spiro atoms. The van der Waals surface area contributed by atoms with Gasteiger partial charge < -0.3 is 4.74 Å². The minimum atomic E-state index is -0.442. The Morgan fingerprint density at radius 3 is 2.53 bits per heavy atom. The largest absolute Gasteiger partial charge is 0.456 e. The number of anilines is 3. The van der Waals surface area contributed by atoms with E-state index in [-0.39, 0.29) is 12.5 Å². The molecule has 0 bridgehead atoms. The molecule has 0 fully saturated rings. The molecule has 2 aromatic carbocycles. The van der Waals surface area contributed by atoms with Gasteiger partial charge in [0, 0.05) is 31.0 Å². The molecule has 1 aromatic heterocycles. The topological polar surface area (TPSA) is 75.1 Å². The van der Waals surface area contributed by atoms with Crippen molar-refractivity contribution in [2.45, 2.75) is 40.7 Å². The zero-order valence-electron chi connectivity index (χ0n) is 19.5. The number of carbonyl (C=O) groups is 2. The molecule has 0 saturated carbocycles. The number of halogens is 1. The Hall–Kier alpha value is -3.23. The average molecular weight is 497 g/mol. The smallest absolute Gasteiger partial charge is 0.338 e. The van der Waals surface area contributed by atoms with Crippen molar-refractivity contribution in [2.75, 3.05) is 16.5 Å². The van der Waals surface area contributed by atoms with Gasteiger partial charge in [0.15, 0.2) is 5.13 Å². The molecule has 4 rings (SSSR count). The predicted molar refractivity (Wildman–Crippen MR) is 136 cm³/mol. The summed E-state index contributed by atoms with van der Waals surface area (Å²) in [6, 6.07) is 11.0. The summed E-state index contributed by atoms with van der Waals surface area (Å²) >= 11 is 7.76. The van der Waals surface area contributed by atoms with Crippen LogP contribution in [0.2, 0.25) is 5.02 Å². The van der Waals surface area contributed by atoms with Crippen molar-refractivity contribution >= 4 is 57.0 Å². The van der Waals surface area contributed by atoms with Gasteiger partial charge in [-0.15, -0.1) is 11.3 Å². The van der Waals surface area contributed by atoms with E-state index in [1.165, 1.54) is 23.2 Å². The van der Waals surface area contributed by atoms with E-state index in [1.807, 2.05) is 50.0 Å². The highest BCUT2D eigenvalue weighted by atomic mass is 35.5. The van der Waals surface area contributed by atoms with Crippen LogP contribution in [0.5, 0.6) is 0 Å². The number of hydrogen-bond acceptors (Lipinski definition) is 7. The quantitative estimate of drug-likeness (QED) is 0.389. The molecule has 1 aliphatic heterocycles. The summed E-state index contributed by atoms with van der Waals surface area (Å²) in [5.74, 6) is -0.646. The van der Waals surface area contributed by atoms with Crippen molar-refractivity contribution in [1.29, 1.82) is 0 Å². The summed E-state index contributed by atoms with van der Waals surface area (Å²) in [6.07, 6.45) is 0.941. The van der Waals surface area contributed by atoms with Crippen molar-refractivity contribution in [3.63, 3.8) is 0 Å². The van der Waals surface area contributed by atoms with E-state index in [0.29, 0.717) is 27.1 Å². The lowest BCUT2D eigenvalue weighted by Crippen LogP contribution is -2.24. The Balaban J connectivity index is 1.44. The van der Waals surface area contributed by atoms with Crippen LogP contribution in [0.15, 0.2) is 46.9 Å². The first-order valence-electron chi connectivity index (χ1n) is 10.8. The van der Waals surface area contributed by atoms with Crippen molar-refractivity contribution in [3.05, 3.63) is 69.2 Å². The van der Waals surface area contributed by atoms with E-state index in [1.54, 1.807) is 17.5 Å². The van der Waals surface area contributed by atoms with Crippen LogP contribution >= 0.6 is 22.9 Å². The van der Waals surface area contributed by atoms with Crippen LogP contribution in [0.3, 0.4) is 0 Å². The molecule has 176 valence electrons. The van der Waals surface area contributed by atoms with Crippen LogP contribution in [0, 0.1) is 13.8 Å². The third kappa shape index (κ3) is 5.13. The Morgan fingerprint density at radius 2 is 1.91 bits per heavy atom. The summed E-state index contributed by atoms with van der Waals surface area (Å²) in [4.78, 5) is 31.0. The third-order valence-electron chi connectivity index (χ3n) is 5.40. The van der Waals surface area contributed by atoms with Gasteiger partial charge in [-0.2, -0.15) is 5.10 Å². The third-order valence-corrected chi connectivity index (χ3v) is 6.56. The van der Waals surface area contributed by atoms with Gasteiger partial charge in [-0.25, -0.2) is 9.78 Å². The number of hydrogen-bond donors (Lipinski definition) is 0. The van der Waals surface area contributed by atoms with Crippen molar-refractivity contribution < 1.29 is 14.3 Å². The zero-order chi connectivity index (χ0) is 24.4. The van der Waals surface area contributed by atoms with E-state index >= 15 is 0 Å². The minimum absolute atomic E-state index is 0.000938. The number of carbonyl (C=O) groups excluding carboxylic acids is 2. The summed E-state index contributed by atoms with van der Waals surface area (Å²) in [7, 11) is 0. The van der Waals surface area contributed by atoms with Gasteiger partial charge in [0.05, 0.1) is 27.7 Å². The Morgan fingerprint density at radius 1 is 1.18 bits per heavy atom. The molecule has 0 atom stereocenters. The molecule has 34 heavy (non-hydrogen) atoms. The highest BCUT2D eigenvalue weighted by Crippen LogP contribution is 2.37. The van der Waals surface area contributed by atoms with Crippen LogP contribution in [0.25, 0.3) is 0 Å². The van der Waals surface area contributed by atoms with Gasteiger partial charge in [-0.1, -0.05) is 17.7 Å². The Bertz CT molecular complexity index is 1250. The van der Waals surface area contributed by atoms with Crippen LogP contribution in [0.4, 0.5) is 16.5 Å². The molecule has 9 heteroatoms. The van der Waals surface area contributed by atoms with E-state index < -0.39 is 5.97 Å². The summed E-state index contributed by atoms with van der Waals surface area (Å²) in [6.45, 7) is 8.16. The number of aromatic nitrogens is 1. The SMILES string of the molecule is CC(=O)N(c1nc(COC(=O)c2ccc(N3CCC(C)=N3)cc2)cs1)c1c(C)cc(C)cc1Cl. The summed E-state index contributed by atoms with van der Waals surface area (Å²) in [5.41, 5.74) is 5.53. The van der Waals surface area contributed by atoms with Crippen molar-refractivity contribution in [2.24, 2.45) is 5.10 Å². The molecule has 3 aromatic rings. The number of esters is 1. The molecule has 0 aliphatic carbocycles. The van der Waals surface area contributed by atoms with E-state index in [4.69, 9.17) is 16.3 Å². The molecule has 2 heterocycles. The molecule has 0 saturated heterocycles. The van der Waals surface area contributed by atoms with Gasteiger partial charge in [-0.3, -0.25) is 14.7 Å². The molecule has 7 nitrogen and oxygen atoms in total. The van der Waals surface area contributed by atoms with Crippen molar-refractivity contribution in [3.8, 4) is 0 Å². The lowest BCUT2D eigenvalue weighted by molar-refractivity contribution is -0.115. The van der Waals surface area contributed by atoms with Gasteiger partial charge in [0.2, 0.25) is 5.91 Å². The molecular formula is C25H25ClN4O3S. The zero-order valence-corrected chi connectivity index (χ0v) is 21.0. The molecule has 0 N–H and O–H groups in total. The first kappa shape index (κ1) is 23.9. The monoisotopic (exact) mass is 496 g/mol.